The Hall–Kier alpha value is -2.61. The molecule has 0 radical (unpaired) electrons. The molecule has 5 rings (SSSR count). The van der Waals surface area contributed by atoms with Gasteiger partial charge < -0.3 is 8.85 Å². The normalized spacial score (nSPS) is 12.5. The zero-order chi connectivity index (χ0) is 17.8. The summed E-state index contributed by atoms with van der Waals surface area (Å²) in [6.07, 6.45) is 0. The molecule has 26 heavy (non-hydrogen) atoms. The van der Waals surface area contributed by atoms with E-state index in [0.29, 0.717) is 0 Å². The minimum Gasteiger partial charge on any atom is -0.508 e. The first-order valence-electron chi connectivity index (χ1n) is 8.51. The Morgan fingerprint density at radius 3 is 1.50 bits per heavy atom. The van der Waals surface area contributed by atoms with Gasteiger partial charge in [-0.15, -0.1) is 9.24 Å². The Labute approximate surface area is 157 Å². The van der Waals surface area contributed by atoms with E-state index in [2.05, 4.69) is 45.6 Å². The van der Waals surface area contributed by atoms with Crippen molar-refractivity contribution in [2.75, 3.05) is 0 Å². The van der Waals surface area contributed by atoms with Crippen LogP contribution in [0.5, 0.6) is 11.5 Å². The third kappa shape index (κ3) is 3.80. The Kier molecular flexibility index (Phi) is 5.01. The number of hydrogen-bond acceptors (Lipinski definition) is 2. The zero-order valence-electron chi connectivity index (χ0n) is 14.2. The molecule has 1 atom stereocenters. The van der Waals surface area contributed by atoms with Gasteiger partial charge in [0.2, 0.25) is 0 Å². The highest BCUT2D eigenvalue weighted by molar-refractivity contribution is 7.27. The van der Waals surface area contributed by atoms with Crippen LogP contribution in [0.2, 0.25) is 0 Å². The van der Waals surface area contributed by atoms with Crippen molar-refractivity contribution in [3.05, 3.63) is 97.1 Å². The fourth-order valence-corrected chi connectivity index (χ4v) is 4.75. The van der Waals surface area contributed by atoms with E-state index >= 15 is 0 Å². The third-order valence-corrected chi connectivity index (χ3v) is 6.40. The second-order valence-corrected chi connectivity index (χ2v) is 8.50. The average Bonchev–Trinajstić information content (AvgIpc) is 3.11. The van der Waals surface area contributed by atoms with Gasteiger partial charge in [-0.25, -0.2) is 0 Å². The maximum absolute atomic E-state index is 6.02. The summed E-state index contributed by atoms with van der Waals surface area (Å²) in [5.74, 6) is 1.75. The lowest BCUT2D eigenvalue weighted by Gasteiger charge is -2.06. The summed E-state index contributed by atoms with van der Waals surface area (Å²) in [7, 11) is 0.811. The van der Waals surface area contributed by atoms with Gasteiger partial charge in [-0.05, 0) is 28.2 Å². The molecule has 1 aliphatic rings. The summed E-state index contributed by atoms with van der Waals surface area (Å²) >= 11 is 0. The lowest BCUT2D eigenvalue weighted by atomic mass is 10.1. The van der Waals surface area contributed by atoms with Crippen LogP contribution in [0.3, 0.4) is 0 Å². The van der Waals surface area contributed by atoms with Gasteiger partial charge in [0.05, 0.1) is 0 Å². The second kappa shape index (κ2) is 7.73. The molecule has 0 saturated carbocycles. The highest BCUT2D eigenvalue weighted by Crippen LogP contribution is 2.37. The monoisotopic (exact) mass is 374 g/mol. The first kappa shape index (κ1) is 16.8. The Morgan fingerprint density at radius 2 is 1.04 bits per heavy atom. The minimum atomic E-state index is -1.82. The number of hydrogen-bond donors (Lipinski definition) is 0. The molecule has 1 aliphatic heterocycles. The highest BCUT2D eigenvalue weighted by atomic mass is 31.0. The van der Waals surface area contributed by atoms with E-state index in [1.54, 1.807) is 0 Å². The molecule has 1 heterocycles. The molecule has 0 spiro atoms. The van der Waals surface area contributed by atoms with Gasteiger partial charge in [-0.3, -0.25) is 0 Å². The average molecular weight is 374 g/mol. The molecule has 4 heteroatoms. The Morgan fingerprint density at radius 1 is 0.577 bits per heavy atom. The van der Waals surface area contributed by atoms with Crippen LogP contribution in [-0.2, 0) is 0 Å². The zero-order valence-corrected chi connectivity index (χ0v) is 16.5. The second-order valence-electron chi connectivity index (χ2n) is 6.04. The Balaban J connectivity index is 0.000000204. The number of fused-ring (bicyclic) bond motifs is 2. The van der Waals surface area contributed by atoms with Gasteiger partial charge in [-0.2, -0.15) is 0 Å². The molecule has 4 aromatic carbocycles. The van der Waals surface area contributed by atoms with E-state index in [0.717, 1.165) is 11.5 Å². The number of benzene rings is 4. The predicted octanol–water partition coefficient (Wildman–Crippen LogP) is 3.93. The molecule has 0 aliphatic carbocycles. The van der Waals surface area contributed by atoms with Crippen LogP contribution < -0.4 is 19.3 Å². The van der Waals surface area contributed by atoms with Crippen molar-refractivity contribution in [2.45, 2.75) is 0 Å². The summed E-state index contributed by atoms with van der Waals surface area (Å²) in [5.41, 5.74) is 0. The van der Waals surface area contributed by atoms with E-state index in [-0.39, 0.29) is 0 Å². The maximum atomic E-state index is 6.02. The molecule has 2 nitrogen and oxygen atoms in total. The predicted molar refractivity (Wildman–Crippen MR) is 114 cm³/mol. The first-order valence-corrected chi connectivity index (χ1v) is 10.6. The minimum absolute atomic E-state index is 0.874. The SMILES string of the molecule is Pc1ccccc1.c1ccc([SiH]2Oc3cc4ccccc4cc3O2)cc1. The highest BCUT2D eigenvalue weighted by Gasteiger charge is 2.29. The van der Waals surface area contributed by atoms with E-state index in [9.17, 15) is 0 Å². The van der Waals surface area contributed by atoms with Gasteiger partial charge >= 0.3 is 9.28 Å². The molecule has 0 N–H and O–H groups in total. The van der Waals surface area contributed by atoms with E-state index in [1.165, 1.54) is 21.3 Å². The van der Waals surface area contributed by atoms with Crippen molar-refractivity contribution in [2.24, 2.45) is 0 Å². The van der Waals surface area contributed by atoms with Crippen LogP contribution in [0.25, 0.3) is 10.8 Å². The molecule has 128 valence electrons. The molecule has 1 unspecified atom stereocenters. The van der Waals surface area contributed by atoms with Gasteiger partial charge in [0.25, 0.3) is 0 Å². The Bertz CT molecular complexity index is 962. The molecule has 0 saturated heterocycles. The summed E-state index contributed by atoms with van der Waals surface area (Å²) in [4.78, 5) is 0. The van der Waals surface area contributed by atoms with Crippen LogP contribution in [-0.4, -0.2) is 9.28 Å². The van der Waals surface area contributed by atoms with Crippen molar-refractivity contribution in [1.82, 2.24) is 0 Å². The fourth-order valence-electron chi connectivity index (χ4n) is 2.84. The van der Waals surface area contributed by atoms with Gasteiger partial charge in [0, 0.05) is 5.19 Å². The number of rotatable bonds is 1. The molecule has 0 bridgehead atoms. The largest absolute Gasteiger partial charge is 0.508 e. The van der Waals surface area contributed by atoms with Gasteiger partial charge in [-0.1, -0.05) is 84.9 Å². The summed E-state index contributed by atoms with van der Waals surface area (Å²) in [5, 5.41) is 4.78. The smallest absolute Gasteiger partial charge is 0.479 e. The van der Waals surface area contributed by atoms with Crippen molar-refractivity contribution in [3.63, 3.8) is 0 Å². The fraction of sp³-hybridized carbons (Fsp3) is 0. The molecule has 0 fully saturated rings. The molecule has 0 amide bonds. The van der Waals surface area contributed by atoms with Crippen molar-refractivity contribution in [3.8, 4) is 11.5 Å². The molecular weight excluding hydrogens is 355 g/mol. The van der Waals surface area contributed by atoms with Crippen LogP contribution in [0, 0.1) is 0 Å². The summed E-state index contributed by atoms with van der Waals surface area (Å²) < 4.78 is 12.0. The summed E-state index contributed by atoms with van der Waals surface area (Å²) in [6.45, 7) is 0. The standard InChI is InChI=1S/C16H12O2Si.C6H7P/c1-2-8-14(9-3-1)19-17-15-10-12-6-4-5-7-13(12)11-16(15)18-19;7-6-4-2-1-3-5-6/h1-11,19H;1-5H,7H2. The topological polar surface area (TPSA) is 18.5 Å². The first-order chi connectivity index (χ1) is 12.8. The van der Waals surface area contributed by atoms with Gasteiger partial charge in [0.1, 0.15) is 11.5 Å². The third-order valence-electron chi connectivity index (χ3n) is 4.15. The molecular formula is C22H19O2PSi. The quantitative estimate of drug-likeness (QED) is 0.371. The van der Waals surface area contributed by atoms with Crippen LogP contribution >= 0.6 is 9.24 Å². The molecule has 0 aromatic heterocycles. The summed E-state index contributed by atoms with van der Waals surface area (Å²) in [6, 6.07) is 32.7. The van der Waals surface area contributed by atoms with Crippen LogP contribution in [0.4, 0.5) is 0 Å². The maximum Gasteiger partial charge on any atom is 0.479 e. The van der Waals surface area contributed by atoms with E-state index in [4.69, 9.17) is 8.85 Å². The van der Waals surface area contributed by atoms with Crippen molar-refractivity contribution < 1.29 is 8.85 Å². The van der Waals surface area contributed by atoms with Crippen molar-refractivity contribution >= 4 is 39.8 Å². The van der Waals surface area contributed by atoms with Gasteiger partial charge in [0.15, 0.2) is 0 Å². The van der Waals surface area contributed by atoms with Crippen LogP contribution in [0.15, 0.2) is 97.1 Å². The lowest BCUT2D eigenvalue weighted by molar-refractivity contribution is 0.519. The molecule has 4 aromatic rings. The van der Waals surface area contributed by atoms with E-state index < -0.39 is 9.28 Å². The lowest BCUT2D eigenvalue weighted by Crippen LogP contribution is -2.38. The van der Waals surface area contributed by atoms with Crippen LogP contribution in [0.1, 0.15) is 0 Å². The van der Waals surface area contributed by atoms with E-state index in [1.807, 2.05) is 60.7 Å². The van der Waals surface area contributed by atoms with Crippen molar-refractivity contribution in [1.29, 1.82) is 0 Å².